The van der Waals surface area contributed by atoms with Gasteiger partial charge in [-0.3, -0.25) is 14.3 Å². The molecule has 0 aliphatic carbocycles. The summed E-state index contributed by atoms with van der Waals surface area (Å²) in [6.07, 6.45) is -0.138. The fourth-order valence-electron chi connectivity index (χ4n) is 2.81. The van der Waals surface area contributed by atoms with E-state index in [4.69, 9.17) is 14.2 Å². The lowest BCUT2D eigenvalue weighted by Gasteiger charge is -2.24. The first-order valence-corrected chi connectivity index (χ1v) is 7.39. The summed E-state index contributed by atoms with van der Waals surface area (Å²) >= 11 is 4.26. The average Bonchev–Trinajstić information content (AvgIpc) is 2.87. The number of fused-ring (bicyclic) bond motifs is 1. The molecule has 3 rings (SSSR count). The predicted octanol–water partition coefficient (Wildman–Crippen LogP) is 0.192. The van der Waals surface area contributed by atoms with Gasteiger partial charge in [0.15, 0.2) is 12.0 Å². The van der Waals surface area contributed by atoms with Crippen molar-refractivity contribution < 1.29 is 14.2 Å². The highest BCUT2D eigenvalue weighted by molar-refractivity contribution is 7.80. The Hall–Kier alpha value is -1.09. The Morgan fingerprint density at radius 2 is 2.00 bits per heavy atom. The minimum atomic E-state index is -0.737. The van der Waals surface area contributed by atoms with Gasteiger partial charge < -0.3 is 14.2 Å². The molecule has 0 spiro atoms. The zero-order valence-electron chi connectivity index (χ0n) is 12.0. The molecule has 1 aromatic rings. The lowest BCUT2D eigenvalue weighted by Crippen LogP contribution is -2.38. The van der Waals surface area contributed by atoms with E-state index in [1.807, 2.05) is 13.8 Å². The number of aryl methyl sites for hydroxylation is 1. The Balaban J connectivity index is 2.01. The molecule has 0 unspecified atom stereocenters. The third-order valence-electron chi connectivity index (χ3n) is 3.73. The second-order valence-corrected chi connectivity index (χ2v) is 6.16. The number of H-pyrrole nitrogens is 1. The molecule has 116 valence electrons. The summed E-state index contributed by atoms with van der Waals surface area (Å²) in [6, 6.07) is 0. The summed E-state index contributed by atoms with van der Waals surface area (Å²) in [5.74, 6) is -0.284. The number of aromatic amines is 1. The molecule has 2 saturated heterocycles. The van der Waals surface area contributed by atoms with Crippen molar-refractivity contribution in [1.82, 2.24) is 9.55 Å². The van der Waals surface area contributed by atoms with Gasteiger partial charge in [0.1, 0.15) is 12.2 Å². The highest BCUT2D eigenvalue weighted by Gasteiger charge is 2.55. The Bertz CT molecular complexity index is 667. The molecule has 8 heteroatoms. The van der Waals surface area contributed by atoms with E-state index in [9.17, 15) is 9.59 Å². The van der Waals surface area contributed by atoms with Crippen LogP contribution in [-0.4, -0.2) is 39.4 Å². The maximum absolute atomic E-state index is 12.0. The lowest BCUT2D eigenvalue weighted by atomic mass is 10.1. The van der Waals surface area contributed by atoms with Gasteiger partial charge in [-0.2, -0.15) is 12.6 Å². The van der Waals surface area contributed by atoms with Crippen molar-refractivity contribution in [2.24, 2.45) is 0 Å². The van der Waals surface area contributed by atoms with Crippen LogP contribution in [0.3, 0.4) is 0 Å². The van der Waals surface area contributed by atoms with E-state index < -0.39 is 29.4 Å². The SMILES string of the molecule is Cc1cn([C@@H]2O[C@H](CS)[C@H]3OC(C)(C)O[C@H]32)c(=O)[nH]c1=O. The Labute approximate surface area is 126 Å². The summed E-state index contributed by atoms with van der Waals surface area (Å²) in [7, 11) is 0. The van der Waals surface area contributed by atoms with Crippen LogP contribution in [0.2, 0.25) is 0 Å². The van der Waals surface area contributed by atoms with Crippen molar-refractivity contribution >= 4 is 12.6 Å². The standard InChI is InChI=1S/C13H18N2O5S/c1-6-4-15(12(17)14-10(6)16)11-9-8(7(5-21)18-11)19-13(2,3)20-9/h4,7-9,11,21H,5H2,1-3H3,(H,14,16,17)/t7-,8-,9-,11-/m1/s1. The van der Waals surface area contributed by atoms with E-state index in [0.717, 1.165) is 0 Å². The topological polar surface area (TPSA) is 82.6 Å². The minimum absolute atomic E-state index is 0.274. The molecule has 0 saturated carbocycles. The fourth-order valence-corrected chi connectivity index (χ4v) is 3.10. The molecule has 0 amide bonds. The molecule has 0 aromatic carbocycles. The van der Waals surface area contributed by atoms with Crippen LogP contribution in [0.5, 0.6) is 0 Å². The number of aromatic nitrogens is 2. The van der Waals surface area contributed by atoms with Crippen molar-refractivity contribution in [2.45, 2.75) is 51.1 Å². The number of ether oxygens (including phenoxy) is 3. The fraction of sp³-hybridized carbons (Fsp3) is 0.692. The van der Waals surface area contributed by atoms with Crippen LogP contribution in [0.25, 0.3) is 0 Å². The van der Waals surface area contributed by atoms with Crippen molar-refractivity contribution in [2.75, 3.05) is 5.75 Å². The molecule has 4 atom stereocenters. The Kier molecular flexibility index (Phi) is 3.52. The van der Waals surface area contributed by atoms with Gasteiger partial charge >= 0.3 is 5.69 Å². The highest BCUT2D eigenvalue weighted by Crippen LogP contribution is 2.42. The van der Waals surface area contributed by atoms with Crippen LogP contribution in [0.4, 0.5) is 0 Å². The molecule has 0 radical (unpaired) electrons. The molecule has 3 heterocycles. The first kappa shape index (κ1) is 14.8. The molecular weight excluding hydrogens is 296 g/mol. The Morgan fingerprint density at radius 3 is 2.67 bits per heavy atom. The third kappa shape index (κ3) is 2.46. The summed E-state index contributed by atoms with van der Waals surface area (Å²) in [4.78, 5) is 25.8. The first-order chi connectivity index (χ1) is 9.82. The van der Waals surface area contributed by atoms with Crippen LogP contribution >= 0.6 is 12.6 Å². The van der Waals surface area contributed by atoms with E-state index >= 15 is 0 Å². The average molecular weight is 314 g/mol. The largest absolute Gasteiger partial charge is 0.348 e. The Morgan fingerprint density at radius 1 is 1.33 bits per heavy atom. The van der Waals surface area contributed by atoms with Gasteiger partial charge in [0.2, 0.25) is 0 Å². The van der Waals surface area contributed by atoms with Crippen molar-refractivity contribution in [3.05, 3.63) is 32.6 Å². The van der Waals surface area contributed by atoms with Gasteiger partial charge in [0.25, 0.3) is 5.56 Å². The predicted molar refractivity (Wildman–Crippen MR) is 77.6 cm³/mol. The molecule has 2 aliphatic rings. The van der Waals surface area contributed by atoms with E-state index in [0.29, 0.717) is 11.3 Å². The minimum Gasteiger partial charge on any atom is -0.348 e. The van der Waals surface area contributed by atoms with Crippen LogP contribution in [0, 0.1) is 6.92 Å². The zero-order valence-corrected chi connectivity index (χ0v) is 12.9. The van der Waals surface area contributed by atoms with Crippen LogP contribution in [-0.2, 0) is 14.2 Å². The maximum Gasteiger partial charge on any atom is 0.330 e. The summed E-state index contributed by atoms with van der Waals surface area (Å²) in [5, 5.41) is 0. The quantitative estimate of drug-likeness (QED) is 0.762. The number of nitrogens with one attached hydrogen (secondary N) is 1. The third-order valence-corrected chi connectivity index (χ3v) is 4.09. The van der Waals surface area contributed by atoms with Crippen molar-refractivity contribution in [1.29, 1.82) is 0 Å². The van der Waals surface area contributed by atoms with Crippen LogP contribution in [0.15, 0.2) is 15.8 Å². The molecule has 0 bridgehead atoms. The second-order valence-electron chi connectivity index (χ2n) is 5.79. The normalized spacial score (nSPS) is 34.1. The van der Waals surface area contributed by atoms with E-state index in [1.165, 1.54) is 10.8 Å². The van der Waals surface area contributed by atoms with Gasteiger partial charge in [0, 0.05) is 17.5 Å². The molecule has 1 N–H and O–H groups in total. The van der Waals surface area contributed by atoms with Gasteiger partial charge in [-0.05, 0) is 20.8 Å². The van der Waals surface area contributed by atoms with Gasteiger partial charge in [0.05, 0.1) is 6.10 Å². The molecule has 7 nitrogen and oxygen atoms in total. The monoisotopic (exact) mass is 314 g/mol. The van der Waals surface area contributed by atoms with Gasteiger partial charge in [-0.15, -0.1) is 0 Å². The molecular formula is C13H18N2O5S. The zero-order chi connectivity index (χ0) is 15.4. The number of hydrogen-bond acceptors (Lipinski definition) is 6. The van der Waals surface area contributed by atoms with Crippen LogP contribution in [0.1, 0.15) is 25.6 Å². The highest BCUT2D eigenvalue weighted by atomic mass is 32.1. The summed E-state index contributed by atoms with van der Waals surface area (Å²) < 4.78 is 18.9. The van der Waals surface area contributed by atoms with Gasteiger partial charge in [-0.25, -0.2) is 4.79 Å². The van der Waals surface area contributed by atoms with E-state index in [1.54, 1.807) is 6.92 Å². The van der Waals surface area contributed by atoms with E-state index in [2.05, 4.69) is 17.6 Å². The maximum atomic E-state index is 12.0. The molecule has 2 fully saturated rings. The van der Waals surface area contributed by atoms with Gasteiger partial charge in [-0.1, -0.05) is 0 Å². The number of hydrogen-bond donors (Lipinski definition) is 2. The summed E-state index contributed by atoms with van der Waals surface area (Å²) in [6.45, 7) is 5.27. The smallest absolute Gasteiger partial charge is 0.330 e. The molecule has 1 aromatic heterocycles. The number of nitrogens with zero attached hydrogens (tertiary/aromatic N) is 1. The second kappa shape index (κ2) is 4.98. The van der Waals surface area contributed by atoms with Crippen LogP contribution < -0.4 is 11.2 Å². The first-order valence-electron chi connectivity index (χ1n) is 6.76. The lowest BCUT2D eigenvalue weighted by molar-refractivity contribution is -0.194. The molecule has 21 heavy (non-hydrogen) atoms. The number of thiol groups is 1. The number of rotatable bonds is 2. The van der Waals surface area contributed by atoms with Crippen molar-refractivity contribution in [3.8, 4) is 0 Å². The van der Waals surface area contributed by atoms with E-state index in [-0.39, 0.29) is 12.2 Å². The molecule has 2 aliphatic heterocycles. The van der Waals surface area contributed by atoms with Crippen molar-refractivity contribution in [3.63, 3.8) is 0 Å². The summed E-state index contributed by atoms with van der Waals surface area (Å²) in [5.41, 5.74) is -0.495.